The molecule has 0 atom stereocenters. The van der Waals surface area contributed by atoms with Crippen molar-refractivity contribution in [3.63, 3.8) is 0 Å². The van der Waals surface area contributed by atoms with Gasteiger partial charge in [-0.05, 0) is 19.1 Å². The Balaban J connectivity index is 2.83. The topological polar surface area (TPSA) is 93.8 Å². The van der Waals surface area contributed by atoms with Gasteiger partial charge in [-0.15, -0.1) is 0 Å². The van der Waals surface area contributed by atoms with Gasteiger partial charge in [0, 0.05) is 6.07 Å². The summed E-state index contributed by atoms with van der Waals surface area (Å²) < 4.78 is 4.60. The summed E-state index contributed by atoms with van der Waals surface area (Å²) in [6.45, 7) is 1.79. The van der Waals surface area contributed by atoms with E-state index in [4.69, 9.17) is 23.2 Å². The second kappa shape index (κ2) is 6.91. The third-order valence-corrected chi connectivity index (χ3v) is 2.43. The summed E-state index contributed by atoms with van der Waals surface area (Å²) in [4.78, 5) is 21.2. The molecule has 102 valence electrons. The highest BCUT2D eigenvalue weighted by Crippen LogP contribution is 2.27. The SMILES string of the molecule is CCOC(=O)/C(Cl)=N\Nc1ccc(Cl)c([N+](=O)[O-])c1. The number of halogens is 2. The Bertz CT molecular complexity index is 534. The Kier molecular flexibility index (Phi) is 5.53. The van der Waals surface area contributed by atoms with Gasteiger partial charge in [-0.1, -0.05) is 23.2 Å². The zero-order valence-corrected chi connectivity index (χ0v) is 11.2. The molecule has 1 N–H and O–H groups in total. The molecule has 0 amide bonds. The van der Waals surface area contributed by atoms with E-state index >= 15 is 0 Å². The fraction of sp³-hybridized carbons (Fsp3) is 0.200. The molecule has 0 saturated carbocycles. The average Bonchev–Trinajstić information content (AvgIpc) is 2.37. The number of ether oxygens (including phenoxy) is 1. The molecule has 0 aliphatic carbocycles. The molecule has 1 rings (SSSR count). The number of hydrazone groups is 1. The molecule has 1 aromatic carbocycles. The van der Waals surface area contributed by atoms with Gasteiger partial charge < -0.3 is 4.74 Å². The number of carbonyl (C=O) groups is 1. The van der Waals surface area contributed by atoms with Crippen molar-refractivity contribution < 1.29 is 14.5 Å². The normalized spacial score (nSPS) is 11.0. The van der Waals surface area contributed by atoms with Gasteiger partial charge in [0.15, 0.2) is 0 Å². The highest BCUT2D eigenvalue weighted by molar-refractivity contribution is 6.82. The molecule has 0 spiro atoms. The van der Waals surface area contributed by atoms with Gasteiger partial charge >= 0.3 is 5.97 Å². The van der Waals surface area contributed by atoms with E-state index in [1.807, 2.05) is 0 Å². The Morgan fingerprint density at radius 1 is 1.58 bits per heavy atom. The maximum atomic E-state index is 11.1. The van der Waals surface area contributed by atoms with Gasteiger partial charge in [0.25, 0.3) is 5.69 Å². The van der Waals surface area contributed by atoms with Gasteiger partial charge in [-0.3, -0.25) is 15.5 Å². The van der Waals surface area contributed by atoms with E-state index in [-0.39, 0.29) is 23.0 Å². The summed E-state index contributed by atoms with van der Waals surface area (Å²) in [5, 5.41) is 13.8. The van der Waals surface area contributed by atoms with Crippen LogP contribution in [0.3, 0.4) is 0 Å². The summed E-state index contributed by atoms with van der Waals surface area (Å²) >= 11 is 11.2. The lowest BCUT2D eigenvalue weighted by molar-refractivity contribution is -0.384. The Labute approximate surface area is 118 Å². The van der Waals surface area contributed by atoms with Crippen molar-refractivity contribution in [3.8, 4) is 0 Å². The summed E-state index contributed by atoms with van der Waals surface area (Å²) in [6.07, 6.45) is 0. The van der Waals surface area contributed by atoms with Crippen molar-refractivity contribution in [2.24, 2.45) is 5.10 Å². The van der Waals surface area contributed by atoms with Crippen molar-refractivity contribution >= 4 is 45.7 Å². The fourth-order valence-electron chi connectivity index (χ4n) is 1.07. The number of rotatable bonds is 5. The quantitative estimate of drug-likeness (QED) is 0.391. The van der Waals surface area contributed by atoms with Crippen LogP contribution in [0.1, 0.15) is 6.92 Å². The number of nitrogens with one attached hydrogen (secondary N) is 1. The number of nitro benzene ring substituents is 1. The van der Waals surface area contributed by atoms with Crippen LogP contribution in [0, 0.1) is 10.1 Å². The molecule has 0 fully saturated rings. The largest absolute Gasteiger partial charge is 0.461 e. The zero-order chi connectivity index (χ0) is 14.4. The van der Waals surface area contributed by atoms with Crippen LogP contribution in [0.25, 0.3) is 0 Å². The molecule has 9 heteroatoms. The maximum absolute atomic E-state index is 11.1. The first-order valence-electron chi connectivity index (χ1n) is 5.06. The lowest BCUT2D eigenvalue weighted by Gasteiger charge is -2.02. The number of nitro groups is 1. The Hall–Kier alpha value is -1.86. The first-order valence-corrected chi connectivity index (χ1v) is 5.81. The van der Waals surface area contributed by atoms with E-state index in [1.54, 1.807) is 6.92 Å². The highest BCUT2D eigenvalue weighted by atomic mass is 35.5. The molecule has 0 aromatic heterocycles. The lowest BCUT2D eigenvalue weighted by atomic mass is 10.3. The standard InChI is InChI=1S/C10H9Cl2N3O4/c1-2-19-10(16)9(12)14-13-6-3-4-7(11)8(5-6)15(17)18/h3-5,13H,2H2,1H3/b14-9+. The number of anilines is 1. The Morgan fingerprint density at radius 2 is 2.26 bits per heavy atom. The van der Waals surface area contributed by atoms with E-state index in [9.17, 15) is 14.9 Å². The summed E-state index contributed by atoms with van der Waals surface area (Å²) in [5.41, 5.74) is 2.38. The van der Waals surface area contributed by atoms with E-state index in [0.717, 1.165) is 0 Å². The zero-order valence-electron chi connectivity index (χ0n) is 9.72. The van der Waals surface area contributed by atoms with Crippen molar-refractivity contribution in [1.29, 1.82) is 0 Å². The van der Waals surface area contributed by atoms with E-state index < -0.39 is 16.1 Å². The number of esters is 1. The van der Waals surface area contributed by atoms with Crippen LogP contribution >= 0.6 is 23.2 Å². The van der Waals surface area contributed by atoms with E-state index in [2.05, 4.69) is 15.3 Å². The summed E-state index contributed by atoms with van der Waals surface area (Å²) in [7, 11) is 0. The third kappa shape index (κ3) is 4.38. The molecule has 0 aliphatic rings. The van der Waals surface area contributed by atoms with Crippen LogP contribution in [0.5, 0.6) is 0 Å². The molecule has 19 heavy (non-hydrogen) atoms. The van der Waals surface area contributed by atoms with Crippen LogP contribution in [-0.2, 0) is 9.53 Å². The monoisotopic (exact) mass is 305 g/mol. The smallest absolute Gasteiger partial charge is 0.370 e. The van der Waals surface area contributed by atoms with Crippen molar-refractivity contribution in [3.05, 3.63) is 33.3 Å². The third-order valence-electron chi connectivity index (χ3n) is 1.87. The van der Waals surface area contributed by atoms with Crippen molar-refractivity contribution in [2.45, 2.75) is 6.92 Å². The highest BCUT2D eigenvalue weighted by Gasteiger charge is 2.13. The molecule has 0 unspecified atom stereocenters. The van der Waals surface area contributed by atoms with Gasteiger partial charge in [0.2, 0.25) is 5.17 Å². The minimum Gasteiger partial charge on any atom is -0.461 e. The number of benzene rings is 1. The van der Waals surface area contributed by atoms with Crippen LogP contribution in [0.4, 0.5) is 11.4 Å². The predicted octanol–water partition coefficient (Wildman–Crippen LogP) is 2.78. The first-order chi connectivity index (χ1) is 8.95. The van der Waals surface area contributed by atoms with Crippen LogP contribution in [-0.4, -0.2) is 22.7 Å². The van der Waals surface area contributed by atoms with Crippen LogP contribution < -0.4 is 5.43 Å². The van der Waals surface area contributed by atoms with Gasteiger partial charge in [-0.25, -0.2) is 4.79 Å². The van der Waals surface area contributed by atoms with Crippen LogP contribution in [0.15, 0.2) is 23.3 Å². The lowest BCUT2D eigenvalue weighted by Crippen LogP contribution is -2.13. The molecule has 0 bridgehead atoms. The minimum atomic E-state index is -0.792. The van der Waals surface area contributed by atoms with Crippen molar-refractivity contribution in [2.75, 3.05) is 12.0 Å². The molecular formula is C10H9Cl2N3O4. The molecule has 0 radical (unpaired) electrons. The number of hydrogen-bond donors (Lipinski definition) is 1. The summed E-state index contributed by atoms with van der Waals surface area (Å²) in [6, 6.07) is 3.95. The predicted molar refractivity (Wildman–Crippen MR) is 71.7 cm³/mol. The van der Waals surface area contributed by atoms with Crippen LogP contribution in [0.2, 0.25) is 5.02 Å². The molecular weight excluding hydrogens is 297 g/mol. The second-order valence-electron chi connectivity index (χ2n) is 3.16. The molecule has 1 aromatic rings. The average molecular weight is 306 g/mol. The summed E-state index contributed by atoms with van der Waals surface area (Å²) in [5.74, 6) is -0.792. The first kappa shape index (κ1) is 15.2. The molecule has 0 heterocycles. The molecule has 0 saturated heterocycles. The maximum Gasteiger partial charge on any atom is 0.370 e. The van der Waals surface area contributed by atoms with Gasteiger partial charge in [0.1, 0.15) is 5.02 Å². The molecule has 7 nitrogen and oxygen atoms in total. The Morgan fingerprint density at radius 3 is 2.84 bits per heavy atom. The van der Waals surface area contributed by atoms with E-state index in [0.29, 0.717) is 0 Å². The fourth-order valence-corrected chi connectivity index (χ4v) is 1.36. The molecule has 0 aliphatic heterocycles. The second-order valence-corrected chi connectivity index (χ2v) is 3.92. The van der Waals surface area contributed by atoms with Crippen molar-refractivity contribution in [1.82, 2.24) is 0 Å². The number of carbonyl (C=O) groups excluding carboxylic acids is 1. The number of hydrogen-bond acceptors (Lipinski definition) is 6. The van der Waals surface area contributed by atoms with Gasteiger partial charge in [-0.2, -0.15) is 5.10 Å². The number of nitrogens with zero attached hydrogens (tertiary/aromatic N) is 2. The van der Waals surface area contributed by atoms with E-state index in [1.165, 1.54) is 18.2 Å². The minimum absolute atomic E-state index is 0.00369. The van der Waals surface area contributed by atoms with Gasteiger partial charge in [0.05, 0.1) is 17.2 Å².